The Morgan fingerprint density at radius 2 is 2.30 bits per heavy atom. The van der Waals surface area contributed by atoms with Crippen LogP contribution in [-0.4, -0.2) is 22.7 Å². The van der Waals surface area contributed by atoms with Gasteiger partial charge in [-0.2, -0.15) is 5.26 Å². The van der Waals surface area contributed by atoms with E-state index in [0.29, 0.717) is 18.1 Å². The first-order valence-corrected chi connectivity index (χ1v) is 6.34. The van der Waals surface area contributed by atoms with Crippen LogP contribution in [0.5, 0.6) is 5.75 Å². The van der Waals surface area contributed by atoms with Crippen LogP contribution in [-0.2, 0) is 4.79 Å². The normalized spacial score (nSPS) is 11.2. The molecule has 0 spiro atoms. The van der Waals surface area contributed by atoms with Crippen LogP contribution in [0.4, 0.5) is 0 Å². The third-order valence-electron chi connectivity index (χ3n) is 2.67. The molecule has 106 valence electrons. The third-order valence-corrected chi connectivity index (χ3v) is 2.67. The molecule has 0 aliphatic carbocycles. The molecule has 5 heteroatoms. The molecule has 1 aromatic heterocycles. The number of hydrogen-bond donors (Lipinski definition) is 1. The molecule has 0 aliphatic rings. The van der Waals surface area contributed by atoms with Gasteiger partial charge in [-0.15, -0.1) is 0 Å². The van der Waals surface area contributed by atoms with E-state index in [1.807, 2.05) is 13.8 Å². The number of aromatic nitrogens is 1. The second-order valence-electron chi connectivity index (χ2n) is 5.04. The van der Waals surface area contributed by atoms with Crippen molar-refractivity contribution in [2.24, 2.45) is 5.41 Å². The molecule has 0 radical (unpaired) electrons. The van der Waals surface area contributed by atoms with Crippen LogP contribution < -0.4 is 4.74 Å². The first kappa shape index (κ1) is 15.7. The van der Waals surface area contributed by atoms with E-state index >= 15 is 0 Å². The van der Waals surface area contributed by atoms with Gasteiger partial charge in [-0.05, 0) is 44.9 Å². The van der Waals surface area contributed by atoms with Gasteiger partial charge >= 0.3 is 5.97 Å². The zero-order chi connectivity index (χ0) is 15.0. The quantitative estimate of drug-likeness (QED) is 0.610. The monoisotopic (exact) mass is 274 g/mol. The smallest absolute Gasteiger partial charge is 0.328 e. The highest BCUT2D eigenvalue weighted by atomic mass is 16.5. The molecule has 0 amide bonds. The average Bonchev–Trinajstić information content (AvgIpc) is 2.42. The first-order chi connectivity index (χ1) is 9.43. The summed E-state index contributed by atoms with van der Waals surface area (Å²) in [6.45, 7) is 4.33. The maximum Gasteiger partial charge on any atom is 0.328 e. The van der Waals surface area contributed by atoms with Crippen molar-refractivity contribution in [3.8, 4) is 11.8 Å². The molecular formula is C15H18N2O3. The van der Waals surface area contributed by atoms with Crippen LogP contribution in [0.25, 0.3) is 6.08 Å². The van der Waals surface area contributed by atoms with E-state index in [1.54, 1.807) is 18.3 Å². The molecule has 0 aliphatic heterocycles. The largest absolute Gasteiger partial charge is 0.492 e. The highest BCUT2D eigenvalue weighted by Gasteiger charge is 2.15. The summed E-state index contributed by atoms with van der Waals surface area (Å²) in [5.74, 6) is -0.375. The Kier molecular flexibility index (Phi) is 5.73. The summed E-state index contributed by atoms with van der Waals surface area (Å²) in [6.07, 6.45) is 5.57. The minimum Gasteiger partial charge on any atom is -0.492 e. The molecule has 0 atom stereocenters. The summed E-state index contributed by atoms with van der Waals surface area (Å²) >= 11 is 0. The Balaban J connectivity index is 2.39. The number of nitriles is 1. The summed E-state index contributed by atoms with van der Waals surface area (Å²) in [5.41, 5.74) is 0.234. The molecule has 20 heavy (non-hydrogen) atoms. The second-order valence-corrected chi connectivity index (χ2v) is 5.04. The van der Waals surface area contributed by atoms with Crippen LogP contribution in [0.1, 0.15) is 32.4 Å². The lowest BCUT2D eigenvalue weighted by molar-refractivity contribution is -0.131. The Morgan fingerprint density at radius 3 is 2.85 bits per heavy atom. The van der Waals surface area contributed by atoms with Gasteiger partial charge in [0.25, 0.3) is 0 Å². The van der Waals surface area contributed by atoms with Gasteiger partial charge in [-0.3, -0.25) is 4.98 Å². The summed E-state index contributed by atoms with van der Waals surface area (Å²) in [7, 11) is 0. The standard InChI is InChI=1S/C15H18N2O3/c1-15(2,11-16)8-3-9-20-13-6-4-12(17-10-13)5-7-14(18)19/h4-7,10H,3,8-9H2,1-2H3,(H,18,19). The fourth-order valence-corrected chi connectivity index (χ4v) is 1.49. The van der Waals surface area contributed by atoms with E-state index in [2.05, 4.69) is 11.1 Å². The molecule has 0 aromatic carbocycles. The topological polar surface area (TPSA) is 83.2 Å². The van der Waals surface area contributed by atoms with Crippen molar-refractivity contribution >= 4 is 12.0 Å². The van der Waals surface area contributed by atoms with Crippen LogP contribution in [0, 0.1) is 16.7 Å². The Bertz CT molecular complexity index is 513. The van der Waals surface area contributed by atoms with Crippen LogP contribution >= 0.6 is 0 Å². The van der Waals surface area contributed by atoms with Gasteiger partial charge in [0.2, 0.25) is 0 Å². The SMILES string of the molecule is CC(C)(C#N)CCCOc1ccc(C=CC(=O)O)nc1. The van der Waals surface area contributed by atoms with E-state index in [-0.39, 0.29) is 5.41 Å². The molecule has 0 saturated carbocycles. The Morgan fingerprint density at radius 1 is 1.55 bits per heavy atom. The van der Waals surface area contributed by atoms with E-state index in [1.165, 1.54) is 6.08 Å². The summed E-state index contributed by atoms with van der Waals surface area (Å²) in [6, 6.07) is 5.68. The van der Waals surface area contributed by atoms with Gasteiger partial charge < -0.3 is 9.84 Å². The lowest BCUT2D eigenvalue weighted by atomic mass is 9.90. The number of pyridine rings is 1. The fourth-order valence-electron chi connectivity index (χ4n) is 1.49. The summed E-state index contributed by atoms with van der Waals surface area (Å²) in [5, 5.41) is 17.4. The Labute approximate surface area is 118 Å². The third kappa shape index (κ3) is 6.01. The number of ether oxygens (including phenoxy) is 1. The predicted molar refractivity (Wildman–Crippen MR) is 75.0 cm³/mol. The molecule has 1 heterocycles. The number of carboxylic acid groups (broad SMARTS) is 1. The molecule has 1 rings (SSSR count). The van der Waals surface area contributed by atoms with E-state index in [4.69, 9.17) is 15.1 Å². The van der Waals surface area contributed by atoms with Crippen molar-refractivity contribution in [1.82, 2.24) is 4.98 Å². The van der Waals surface area contributed by atoms with Gasteiger partial charge in [0.1, 0.15) is 5.75 Å². The van der Waals surface area contributed by atoms with Gasteiger partial charge in [-0.25, -0.2) is 4.79 Å². The zero-order valence-electron chi connectivity index (χ0n) is 11.7. The van der Waals surface area contributed by atoms with Gasteiger partial charge in [-0.1, -0.05) is 0 Å². The van der Waals surface area contributed by atoms with Crippen molar-refractivity contribution < 1.29 is 14.6 Å². The first-order valence-electron chi connectivity index (χ1n) is 6.34. The number of carbonyl (C=O) groups is 1. The van der Waals surface area contributed by atoms with E-state index < -0.39 is 5.97 Å². The molecule has 0 saturated heterocycles. The van der Waals surface area contributed by atoms with E-state index in [0.717, 1.165) is 18.9 Å². The van der Waals surface area contributed by atoms with Gasteiger partial charge in [0, 0.05) is 6.08 Å². The number of aliphatic carboxylic acids is 1. The molecule has 1 aromatic rings. The maximum atomic E-state index is 10.4. The maximum absolute atomic E-state index is 10.4. The minimum absolute atomic E-state index is 0.326. The van der Waals surface area contributed by atoms with Crippen LogP contribution in [0.15, 0.2) is 24.4 Å². The molecule has 0 bridgehead atoms. The summed E-state index contributed by atoms with van der Waals surface area (Å²) < 4.78 is 5.51. The molecule has 5 nitrogen and oxygen atoms in total. The average molecular weight is 274 g/mol. The van der Waals surface area contributed by atoms with Crippen molar-refractivity contribution in [2.75, 3.05) is 6.61 Å². The number of rotatable bonds is 7. The van der Waals surface area contributed by atoms with Crippen LogP contribution in [0.3, 0.4) is 0 Å². The van der Waals surface area contributed by atoms with Crippen molar-refractivity contribution in [1.29, 1.82) is 5.26 Å². The van der Waals surface area contributed by atoms with Gasteiger partial charge in [0.05, 0.1) is 30.0 Å². The summed E-state index contributed by atoms with van der Waals surface area (Å²) in [4.78, 5) is 14.4. The zero-order valence-corrected chi connectivity index (χ0v) is 11.7. The van der Waals surface area contributed by atoms with Crippen LogP contribution in [0.2, 0.25) is 0 Å². The van der Waals surface area contributed by atoms with E-state index in [9.17, 15) is 4.79 Å². The highest BCUT2D eigenvalue weighted by Crippen LogP contribution is 2.20. The Hall–Kier alpha value is -2.35. The number of nitrogens with zero attached hydrogens (tertiary/aromatic N) is 2. The number of carboxylic acids is 1. The predicted octanol–water partition coefficient (Wildman–Crippen LogP) is 2.89. The molecule has 0 fully saturated rings. The second kappa shape index (κ2) is 7.29. The van der Waals surface area contributed by atoms with Crippen molar-refractivity contribution in [2.45, 2.75) is 26.7 Å². The minimum atomic E-state index is -1.01. The molecular weight excluding hydrogens is 256 g/mol. The fraction of sp³-hybridized carbons (Fsp3) is 0.400. The van der Waals surface area contributed by atoms with Gasteiger partial charge in [0.15, 0.2) is 0 Å². The number of hydrogen-bond acceptors (Lipinski definition) is 4. The lowest BCUT2D eigenvalue weighted by Crippen LogP contribution is -2.10. The molecule has 1 N–H and O–H groups in total. The highest BCUT2D eigenvalue weighted by molar-refractivity contribution is 5.84. The van der Waals surface area contributed by atoms with Crippen molar-refractivity contribution in [3.05, 3.63) is 30.1 Å². The molecule has 0 unspecified atom stereocenters. The van der Waals surface area contributed by atoms with Crippen molar-refractivity contribution in [3.63, 3.8) is 0 Å². The lowest BCUT2D eigenvalue weighted by Gasteiger charge is -2.14.